The van der Waals surface area contributed by atoms with Crippen LogP contribution in [0.1, 0.15) is 20.8 Å². The first-order valence-corrected chi connectivity index (χ1v) is 3.97. The van der Waals surface area contributed by atoms with E-state index in [1.165, 1.54) is 5.57 Å². The first-order valence-electron chi connectivity index (χ1n) is 3.06. The van der Waals surface area contributed by atoms with Crippen molar-refractivity contribution in [3.63, 3.8) is 0 Å². The Kier molecular flexibility index (Phi) is 10.8. The molecule has 0 saturated heterocycles. The van der Waals surface area contributed by atoms with E-state index in [2.05, 4.69) is 29.1 Å². The van der Waals surface area contributed by atoms with Gasteiger partial charge >= 0.3 is 0 Å². The second kappa shape index (κ2) is 8.70. The zero-order chi connectivity index (χ0) is 8.57. The van der Waals surface area contributed by atoms with Crippen molar-refractivity contribution >= 4 is 15.9 Å². The van der Waals surface area contributed by atoms with E-state index in [4.69, 9.17) is 0 Å². The summed E-state index contributed by atoms with van der Waals surface area (Å²) in [4.78, 5) is 1.90. The van der Waals surface area contributed by atoms with Crippen LogP contribution in [0.15, 0.2) is 35.4 Å². The van der Waals surface area contributed by atoms with Gasteiger partial charge in [-0.2, -0.15) is 0 Å². The third kappa shape index (κ3) is 25.2. The fourth-order valence-electron chi connectivity index (χ4n) is 0. The molecule has 0 spiro atoms. The van der Waals surface area contributed by atoms with E-state index in [9.17, 15) is 0 Å². The van der Waals surface area contributed by atoms with Crippen LogP contribution in [0.25, 0.3) is 0 Å². The molecule has 0 aromatic rings. The van der Waals surface area contributed by atoms with E-state index in [0.29, 0.717) is 0 Å². The highest BCUT2D eigenvalue weighted by Gasteiger charge is 1.62. The summed E-state index contributed by atoms with van der Waals surface area (Å²) in [6, 6.07) is 0. The zero-order valence-electron chi connectivity index (χ0n) is 6.95. The number of rotatable bonds is 1. The first-order chi connectivity index (χ1) is 4.54. The van der Waals surface area contributed by atoms with Gasteiger partial charge < -0.3 is 0 Å². The molecule has 0 nitrogen and oxygen atoms in total. The van der Waals surface area contributed by atoms with Gasteiger partial charge in [-0.15, -0.1) is 0 Å². The monoisotopic (exact) mass is 202 g/mol. The molecule has 58 valence electrons. The van der Waals surface area contributed by atoms with Crippen molar-refractivity contribution in [2.75, 3.05) is 0 Å². The van der Waals surface area contributed by atoms with Gasteiger partial charge in [0.25, 0.3) is 0 Å². The molecule has 0 fully saturated rings. The maximum Gasteiger partial charge on any atom is -0.0202 e. The zero-order valence-corrected chi connectivity index (χ0v) is 8.53. The molecule has 0 radical (unpaired) electrons. The van der Waals surface area contributed by atoms with Crippen LogP contribution >= 0.6 is 15.9 Å². The molecule has 1 heteroatoms. The molecule has 0 rings (SSSR count). The number of hydrogen-bond donors (Lipinski definition) is 0. The second-order valence-electron chi connectivity index (χ2n) is 2.24. The molecular weight excluding hydrogens is 188 g/mol. The normalized spacial score (nSPS) is 6.80. The van der Waals surface area contributed by atoms with Crippen molar-refractivity contribution in [3.05, 3.63) is 35.4 Å². The smallest absolute Gasteiger partial charge is 0.0202 e. The minimum absolute atomic E-state index is 1.02. The van der Waals surface area contributed by atoms with E-state index < -0.39 is 0 Å². The average Bonchev–Trinajstić information content (AvgIpc) is 1.89. The molecule has 10 heavy (non-hydrogen) atoms. The Morgan fingerprint density at radius 2 is 1.50 bits per heavy atom. The van der Waals surface area contributed by atoms with Gasteiger partial charge in [-0.1, -0.05) is 46.3 Å². The quantitative estimate of drug-likeness (QED) is 0.564. The lowest BCUT2D eigenvalue weighted by Crippen LogP contribution is -1.50. The van der Waals surface area contributed by atoms with Crippen molar-refractivity contribution < 1.29 is 0 Å². The van der Waals surface area contributed by atoms with Crippen LogP contribution in [0.2, 0.25) is 0 Å². The van der Waals surface area contributed by atoms with E-state index in [0.717, 1.165) is 5.57 Å². The summed E-state index contributed by atoms with van der Waals surface area (Å²) in [5.74, 6) is 0. The molecule has 0 unspecified atom stereocenters. The molecule has 0 N–H and O–H groups in total. The largest absolute Gasteiger partial charge is 0.0988 e. The highest BCUT2D eigenvalue weighted by atomic mass is 79.9. The summed E-state index contributed by atoms with van der Waals surface area (Å²) >= 11 is 3.15. The molecule has 0 aliphatic carbocycles. The summed E-state index contributed by atoms with van der Waals surface area (Å²) in [7, 11) is 0. The number of allylic oxidation sites excluding steroid dienone is 3. The van der Waals surface area contributed by atoms with Crippen molar-refractivity contribution in [1.29, 1.82) is 0 Å². The Hall–Kier alpha value is -0.300. The van der Waals surface area contributed by atoms with Crippen LogP contribution in [0.5, 0.6) is 0 Å². The SMILES string of the molecule is C=CC(=C)C.CC(C)=CBr. The van der Waals surface area contributed by atoms with Crippen molar-refractivity contribution in [2.24, 2.45) is 0 Å². The highest BCUT2D eigenvalue weighted by Crippen LogP contribution is 1.91. The maximum atomic E-state index is 3.56. The number of hydrogen-bond acceptors (Lipinski definition) is 0. The predicted octanol–water partition coefficient (Wildman–Crippen LogP) is 4.05. The topological polar surface area (TPSA) is 0 Å². The molecule has 0 aliphatic heterocycles. The molecule has 0 aliphatic rings. The lowest BCUT2D eigenvalue weighted by molar-refractivity contribution is 1.42. The Morgan fingerprint density at radius 1 is 1.30 bits per heavy atom. The standard InChI is InChI=1S/C5H8.C4H7Br/c1-4-5(2)3;1-4(2)3-5/h4H,1-2H2,3H3;3H,1-2H3. The summed E-state index contributed by atoms with van der Waals surface area (Å²) in [5.41, 5.74) is 2.31. The summed E-state index contributed by atoms with van der Waals surface area (Å²) in [5, 5.41) is 0. The van der Waals surface area contributed by atoms with Gasteiger partial charge in [0.1, 0.15) is 0 Å². The fraction of sp³-hybridized carbons (Fsp3) is 0.333. The Labute approximate surface area is 72.5 Å². The van der Waals surface area contributed by atoms with Crippen LogP contribution in [-0.2, 0) is 0 Å². The predicted molar refractivity (Wildman–Crippen MR) is 53.4 cm³/mol. The lowest BCUT2D eigenvalue weighted by Gasteiger charge is -1.72. The number of halogens is 1. The fourth-order valence-corrected chi connectivity index (χ4v) is 0. The second-order valence-corrected chi connectivity index (χ2v) is 2.69. The first kappa shape index (κ1) is 12.4. The molecule has 0 atom stereocenters. The Balaban J connectivity index is 0. The van der Waals surface area contributed by atoms with E-state index >= 15 is 0 Å². The van der Waals surface area contributed by atoms with Gasteiger partial charge in [0.05, 0.1) is 0 Å². The van der Waals surface area contributed by atoms with Gasteiger partial charge in [0.2, 0.25) is 0 Å². The van der Waals surface area contributed by atoms with Crippen molar-refractivity contribution in [1.82, 2.24) is 0 Å². The van der Waals surface area contributed by atoms with Gasteiger partial charge in [-0.05, 0) is 25.8 Å². The van der Waals surface area contributed by atoms with Crippen molar-refractivity contribution in [2.45, 2.75) is 20.8 Å². The Morgan fingerprint density at radius 3 is 1.50 bits per heavy atom. The molecule has 0 aromatic carbocycles. The summed E-state index contributed by atoms with van der Waals surface area (Å²) in [6.07, 6.45) is 1.72. The molecule has 0 aromatic heterocycles. The third-order valence-corrected chi connectivity index (χ3v) is 1.48. The molecule has 0 bridgehead atoms. The average molecular weight is 203 g/mol. The van der Waals surface area contributed by atoms with Crippen LogP contribution in [0.3, 0.4) is 0 Å². The van der Waals surface area contributed by atoms with Crippen LogP contribution in [0.4, 0.5) is 0 Å². The van der Waals surface area contributed by atoms with E-state index in [-0.39, 0.29) is 0 Å². The van der Waals surface area contributed by atoms with E-state index in [1.807, 2.05) is 25.8 Å². The summed E-state index contributed by atoms with van der Waals surface area (Å²) in [6.45, 7) is 13.0. The van der Waals surface area contributed by atoms with E-state index in [1.54, 1.807) is 6.08 Å². The van der Waals surface area contributed by atoms with Crippen LogP contribution in [0, 0.1) is 0 Å². The molecule has 0 amide bonds. The maximum absolute atomic E-state index is 3.56. The third-order valence-electron chi connectivity index (χ3n) is 0.567. The Bertz CT molecular complexity index is 128. The minimum Gasteiger partial charge on any atom is -0.0988 e. The molecular formula is C9H15Br. The summed E-state index contributed by atoms with van der Waals surface area (Å²) < 4.78 is 0. The van der Waals surface area contributed by atoms with Crippen molar-refractivity contribution in [3.8, 4) is 0 Å². The lowest BCUT2D eigenvalue weighted by atomic mass is 10.4. The van der Waals surface area contributed by atoms with Gasteiger partial charge in [0.15, 0.2) is 0 Å². The highest BCUT2D eigenvalue weighted by molar-refractivity contribution is 9.11. The minimum atomic E-state index is 1.02. The molecule has 0 saturated carbocycles. The molecule has 0 heterocycles. The van der Waals surface area contributed by atoms with Gasteiger partial charge in [0, 0.05) is 0 Å². The van der Waals surface area contributed by atoms with Crippen LogP contribution in [-0.4, -0.2) is 0 Å². The van der Waals surface area contributed by atoms with Crippen LogP contribution < -0.4 is 0 Å². The van der Waals surface area contributed by atoms with Gasteiger partial charge in [-0.25, -0.2) is 0 Å². The van der Waals surface area contributed by atoms with Gasteiger partial charge in [-0.3, -0.25) is 0 Å².